The Kier molecular flexibility index (Phi) is 4.35. The van der Waals surface area contributed by atoms with Crippen LogP contribution in [0.5, 0.6) is 0 Å². The van der Waals surface area contributed by atoms with Gasteiger partial charge in [-0.3, -0.25) is 9.93 Å². The number of carboxylic acid groups (broad SMARTS) is 1. The van der Waals surface area contributed by atoms with Crippen molar-refractivity contribution >= 4 is 35.0 Å². The van der Waals surface area contributed by atoms with Crippen LogP contribution in [0.25, 0.3) is 0 Å². The second-order valence-electron chi connectivity index (χ2n) is 4.89. The third kappa shape index (κ3) is 2.23. The number of nitrogens with two attached hydrogens (primary N) is 1. The Morgan fingerprint density at radius 3 is 2.65 bits per heavy atom. The first kappa shape index (κ1) is 15.6. The molecular weight excluding hydrogens is 304 g/mol. The van der Waals surface area contributed by atoms with Crippen molar-refractivity contribution in [2.45, 2.75) is 30.1 Å². The molecule has 0 aliphatic carbocycles. The van der Waals surface area contributed by atoms with Crippen LogP contribution in [0.2, 0.25) is 0 Å². The Balaban J connectivity index is 2.37. The van der Waals surface area contributed by atoms with E-state index < -0.39 is 39.7 Å². The summed E-state index contributed by atoms with van der Waals surface area (Å²) in [5, 5.41) is 24.4. The van der Waals surface area contributed by atoms with E-state index in [2.05, 4.69) is 0 Å². The average Bonchev–Trinajstić information content (AvgIpc) is 2.64. The molecule has 1 amide bonds. The summed E-state index contributed by atoms with van der Waals surface area (Å²) in [5.74, 6) is -2.24. The number of aliphatic hydroxyl groups is 1. The fourth-order valence-electron chi connectivity index (χ4n) is 2.87. The molecule has 0 aromatic rings. The number of fused-ring (bicyclic) bond motifs is 1. The van der Waals surface area contributed by atoms with Gasteiger partial charge in [0.2, 0.25) is 5.91 Å². The lowest BCUT2D eigenvalue weighted by Gasteiger charge is -2.44. The van der Waals surface area contributed by atoms with Crippen molar-refractivity contribution < 1.29 is 24.4 Å². The SMILES string of the molecule is CC(O)C1C(=O)N2C(C(=O)O)=C(C(SN)[S+](C)[O-])CC12. The zero-order chi connectivity index (χ0) is 15.2. The van der Waals surface area contributed by atoms with Crippen molar-refractivity contribution in [3.8, 4) is 0 Å². The van der Waals surface area contributed by atoms with Gasteiger partial charge in [-0.2, -0.15) is 0 Å². The van der Waals surface area contributed by atoms with Crippen molar-refractivity contribution in [1.29, 1.82) is 0 Å². The number of carboxylic acids is 1. The summed E-state index contributed by atoms with van der Waals surface area (Å²) in [5.41, 5.74) is 0.280. The first-order valence-electron chi connectivity index (χ1n) is 5.96. The highest BCUT2D eigenvalue weighted by molar-refractivity contribution is 8.12. The van der Waals surface area contributed by atoms with Crippen LogP contribution in [0.1, 0.15) is 13.3 Å². The van der Waals surface area contributed by atoms with Crippen molar-refractivity contribution in [2.24, 2.45) is 11.1 Å². The number of β-lactam (4-membered cyclic amide) rings is 1. The van der Waals surface area contributed by atoms with E-state index >= 15 is 0 Å². The molecule has 1 fully saturated rings. The number of nitrogens with zero attached hydrogens (tertiary/aromatic N) is 1. The fraction of sp³-hybridized carbons (Fsp3) is 0.636. The van der Waals surface area contributed by atoms with Gasteiger partial charge in [-0.05, 0) is 36.5 Å². The van der Waals surface area contributed by atoms with Crippen LogP contribution < -0.4 is 5.14 Å². The lowest BCUT2D eigenvalue weighted by molar-refractivity contribution is -0.161. The van der Waals surface area contributed by atoms with Crippen LogP contribution in [-0.4, -0.2) is 54.5 Å². The highest BCUT2D eigenvalue weighted by Crippen LogP contribution is 2.46. The number of rotatable bonds is 5. The topological polar surface area (TPSA) is 127 Å². The van der Waals surface area contributed by atoms with E-state index in [-0.39, 0.29) is 18.2 Å². The van der Waals surface area contributed by atoms with Gasteiger partial charge in [-0.25, -0.2) is 4.79 Å². The summed E-state index contributed by atoms with van der Waals surface area (Å²) < 4.78 is 11.0. The van der Waals surface area contributed by atoms with Gasteiger partial charge in [0.25, 0.3) is 0 Å². The standard InChI is InChI=1S/C11H16N2O5S2/c1-4(14)7-6-3-5(11(19-12)20(2)18)8(10(16)17)13(6)9(7)15/h4,6-7,11,14H,3,12H2,1-2H3,(H,16,17). The minimum atomic E-state index is -1.35. The number of hydrogen-bond donors (Lipinski definition) is 3. The van der Waals surface area contributed by atoms with E-state index in [4.69, 9.17) is 5.14 Å². The van der Waals surface area contributed by atoms with E-state index in [1.165, 1.54) is 18.1 Å². The molecule has 9 heteroatoms. The molecule has 2 aliphatic heterocycles. The molecule has 2 heterocycles. The van der Waals surface area contributed by atoms with Gasteiger partial charge in [0.1, 0.15) is 5.70 Å². The summed E-state index contributed by atoms with van der Waals surface area (Å²) in [6, 6.07) is -0.373. The molecule has 7 nitrogen and oxygen atoms in total. The quantitative estimate of drug-likeness (QED) is 0.345. The molecule has 2 rings (SSSR count). The molecule has 5 atom stereocenters. The molecule has 5 unspecified atom stereocenters. The van der Waals surface area contributed by atoms with Gasteiger partial charge in [0.15, 0.2) is 4.58 Å². The Hall–Kier alpha value is -0.740. The number of carbonyl (C=O) groups excluding carboxylic acids is 1. The van der Waals surface area contributed by atoms with E-state index in [1.807, 2.05) is 0 Å². The maximum Gasteiger partial charge on any atom is 0.352 e. The maximum atomic E-state index is 12.0. The van der Waals surface area contributed by atoms with Gasteiger partial charge in [-0.15, -0.1) is 0 Å². The van der Waals surface area contributed by atoms with Gasteiger partial charge in [0, 0.05) is 5.57 Å². The van der Waals surface area contributed by atoms with Crippen LogP contribution >= 0.6 is 11.9 Å². The zero-order valence-corrected chi connectivity index (χ0v) is 12.6. The van der Waals surface area contributed by atoms with Gasteiger partial charge in [0.05, 0.1) is 24.3 Å². The van der Waals surface area contributed by atoms with E-state index in [0.29, 0.717) is 5.57 Å². The predicted molar refractivity (Wildman–Crippen MR) is 74.7 cm³/mol. The molecule has 0 aromatic heterocycles. The monoisotopic (exact) mass is 320 g/mol. The first-order valence-corrected chi connectivity index (χ1v) is 8.52. The zero-order valence-electron chi connectivity index (χ0n) is 11.0. The van der Waals surface area contributed by atoms with Gasteiger partial charge >= 0.3 is 5.97 Å². The number of aliphatic carboxylic acids is 1. The van der Waals surface area contributed by atoms with Crippen molar-refractivity contribution in [3.05, 3.63) is 11.3 Å². The summed E-state index contributed by atoms with van der Waals surface area (Å²) in [4.78, 5) is 24.6. The van der Waals surface area contributed by atoms with Gasteiger partial charge in [-0.1, -0.05) is 0 Å². The van der Waals surface area contributed by atoms with Gasteiger partial charge < -0.3 is 19.7 Å². The molecule has 4 N–H and O–H groups in total. The number of aliphatic hydroxyl groups excluding tert-OH is 1. The molecule has 0 spiro atoms. The maximum absolute atomic E-state index is 12.0. The smallest absolute Gasteiger partial charge is 0.352 e. The summed E-state index contributed by atoms with van der Waals surface area (Å²) in [6.45, 7) is 1.51. The van der Waals surface area contributed by atoms with Crippen LogP contribution in [0, 0.1) is 5.92 Å². The number of carbonyl (C=O) groups is 2. The Bertz CT molecular complexity index is 479. The van der Waals surface area contributed by atoms with Crippen LogP contribution in [0.4, 0.5) is 0 Å². The minimum Gasteiger partial charge on any atom is -0.615 e. The third-order valence-electron chi connectivity index (χ3n) is 3.67. The lowest BCUT2D eigenvalue weighted by Crippen LogP contribution is -2.61. The molecular formula is C11H16N2O5S2. The van der Waals surface area contributed by atoms with Crippen molar-refractivity contribution in [2.75, 3.05) is 6.26 Å². The summed E-state index contributed by atoms with van der Waals surface area (Å²) >= 11 is -0.532. The molecule has 1 saturated heterocycles. The molecule has 0 radical (unpaired) electrons. The molecule has 0 bridgehead atoms. The van der Waals surface area contributed by atoms with Crippen LogP contribution in [-0.2, 0) is 20.8 Å². The highest BCUT2D eigenvalue weighted by atomic mass is 32.3. The lowest BCUT2D eigenvalue weighted by atomic mass is 9.83. The molecule has 0 aromatic carbocycles. The molecule has 2 aliphatic rings. The van der Waals surface area contributed by atoms with E-state index in [0.717, 1.165) is 11.9 Å². The second-order valence-corrected chi connectivity index (χ2v) is 7.40. The predicted octanol–water partition coefficient (Wildman–Crippen LogP) is -0.752. The van der Waals surface area contributed by atoms with Crippen molar-refractivity contribution in [1.82, 2.24) is 4.90 Å². The largest absolute Gasteiger partial charge is 0.615 e. The molecule has 20 heavy (non-hydrogen) atoms. The highest BCUT2D eigenvalue weighted by Gasteiger charge is 2.58. The fourth-order valence-corrected chi connectivity index (χ4v) is 4.48. The second kappa shape index (κ2) is 5.57. The molecule has 0 saturated carbocycles. The Morgan fingerprint density at radius 1 is 1.65 bits per heavy atom. The molecule has 112 valence electrons. The minimum absolute atomic E-state index is 0.130. The first-order chi connectivity index (χ1) is 9.31. The number of amides is 1. The van der Waals surface area contributed by atoms with Crippen LogP contribution in [0.3, 0.4) is 0 Å². The van der Waals surface area contributed by atoms with Crippen LogP contribution in [0.15, 0.2) is 11.3 Å². The normalized spacial score (nSPS) is 29.9. The summed E-state index contributed by atoms with van der Waals surface area (Å²) in [7, 11) is 0. The van der Waals surface area contributed by atoms with E-state index in [9.17, 15) is 24.4 Å². The Labute approximate surface area is 123 Å². The average molecular weight is 320 g/mol. The van der Waals surface area contributed by atoms with E-state index in [1.54, 1.807) is 0 Å². The number of hydrogen-bond acceptors (Lipinski definition) is 6. The van der Waals surface area contributed by atoms with Crippen molar-refractivity contribution in [3.63, 3.8) is 0 Å². The Morgan fingerprint density at radius 2 is 2.25 bits per heavy atom. The summed E-state index contributed by atoms with van der Waals surface area (Å²) in [6.07, 6.45) is 0.895. The third-order valence-corrected chi connectivity index (χ3v) is 6.24.